The van der Waals surface area contributed by atoms with Gasteiger partial charge in [-0.05, 0) is 25.0 Å². The topological polar surface area (TPSA) is 45.0 Å². The second kappa shape index (κ2) is 5.20. The number of nitriles is 1. The summed E-state index contributed by atoms with van der Waals surface area (Å²) in [6.07, 6.45) is 2.12. The summed E-state index contributed by atoms with van der Waals surface area (Å²) >= 11 is 5.95. The Morgan fingerprint density at radius 3 is 3.06 bits per heavy atom. The molecule has 1 aromatic rings. The van der Waals surface area contributed by atoms with Crippen molar-refractivity contribution in [1.29, 1.82) is 5.26 Å². The van der Waals surface area contributed by atoms with E-state index in [2.05, 4.69) is 11.4 Å². The fourth-order valence-electron chi connectivity index (χ4n) is 1.83. The van der Waals surface area contributed by atoms with Crippen LogP contribution in [0.25, 0.3) is 0 Å². The monoisotopic (exact) mass is 236 g/mol. The molecule has 1 saturated heterocycles. The van der Waals surface area contributed by atoms with E-state index < -0.39 is 0 Å². The Bertz CT molecular complexity index is 408. The molecule has 3 nitrogen and oxygen atoms in total. The second-order valence-electron chi connectivity index (χ2n) is 3.83. The first-order valence-electron chi connectivity index (χ1n) is 5.34. The molecule has 1 heterocycles. The Morgan fingerprint density at radius 2 is 2.38 bits per heavy atom. The Morgan fingerprint density at radius 1 is 1.50 bits per heavy atom. The van der Waals surface area contributed by atoms with E-state index in [-0.39, 0.29) is 6.04 Å². The van der Waals surface area contributed by atoms with Crippen LogP contribution in [0, 0.1) is 11.3 Å². The molecule has 1 fully saturated rings. The number of halogens is 1. The average Bonchev–Trinajstić information content (AvgIpc) is 2.31. The van der Waals surface area contributed by atoms with Gasteiger partial charge in [-0.25, -0.2) is 0 Å². The Balaban J connectivity index is 2.14. The summed E-state index contributed by atoms with van der Waals surface area (Å²) in [7, 11) is 0. The molecule has 16 heavy (non-hydrogen) atoms. The van der Waals surface area contributed by atoms with E-state index in [4.69, 9.17) is 21.6 Å². The van der Waals surface area contributed by atoms with Crippen molar-refractivity contribution in [2.24, 2.45) is 0 Å². The molecule has 1 aliphatic rings. The number of hydrogen-bond donors (Lipinski definition) is 1. The highest BCUT2D eigenvalue weighted by Gasteiger charge is 2.15. The second-order valence-corrected chi connectivity index (χ2v) is 4.24. The van der Waals surface area contributed by atoms with Gasteiger partial charge >= 0.3 is 0 Å². The molecule has 1 unspecified atom stereocenters. The standard InChI is InChI=1S/C12H13ClN2O/c13-11-4-1-5-12(10(11)7-14)15-9-3-2-6-16-8-9/h1,4-5,9,15H,2-3,6,8H2. The molecule has 0 aliphatic carbocycles. The fraction of sp³-hybridized carbons (Fsp3) is 0.417. The lowest BCUT2D eigenvalue weighted by Gasteiger charge is -2.24. The highest BCUT2D eigenvalue weighted by molar-refractivity contribution is 6.32. The van der Waals surface area contributed by atoms with Crippen LogP contribution in [0.4, 0.5) is 5.69 Å². The van der Waals surface area contributed by atoms with Gasteiger partial charge in [0.05, 0.1) is 22.9 Å². The van der Waals surface area contributed by atoms with E-state index in [1.165, 1.54) is 0 Å². The molecule has 0 saturated carbocycles. The Kier molecular flexibility index (Phi) is 3.66. The first-order chi connectivity index (χ1) is 7.81. The summed E-state index contributed by atoms with van der Waals surface area (Å²) in [6.45, 7) is 1.52. The molecule has 1 aliphatic heterocycles. The minimum atomic E-state index is 0.277. The van der Waals surface area contributed by atoms with Crippen molar-refractivity contribution >= 4 is 17.3 Å². The Hall–Kier alpha value is -1.24. The maximum absolute atomic E-state index is 9.02. The van der Waals surface area contributed by atoms with Gasteiger partial charge < -0.3 is 10.1 Å². The van der Waals surface area contributed by atoms with Crippen molar-refractivity contribution in [3.8, 4) is 6.07 Å². The summed E-state index contributed by atoms with van der Waals surface area (Å²) in [4.78, 5) is 0. The number of hydrogen-bond acceptors (Lipinski definition) is 3. The minimum absolute atomic E-state index is 0.277. The lowest BCUT2D eigenvalue weighted by atomic mass is 10.1. The van der Waals surface area contributed by atoms with Gasteiger partial charge in [-0.15, -0.1) is 0 Å². The largest absolute Gasteiger partial charge is 0.379 e. The van der Waals surface area contributed by atoms with Gasteiger partial charge in [-0.3, -0.25) is 0 Å². The molecule has 84 valence electrons. The van der Waals surface area contributed by atoms with Crippen LogP contribution in [0.2, 0.25) is 5.02 Å². The van der Waals surface area contributed by atoms with E-state index >= 15 is 0 Å². The zero-order chi connectivity index (χ0) is 11.4. The third kappa shape index (κ3) is 2.46. The molecule has 4 heteroatoms. The van der Waals surface area contributed by atoms with Crippen molar-refractivity contribution in [1.82, 2.24) is 0 Å². The first kappa shape index (κ1) is 11.3. The summed E-state index contributed by atoms with van der Waals surface area (Å²) < 4.78 is 5.38. The van der Waals surface area contributed by atoms with Crippen LogP contribution in [0.1, 0.15) is 18.4 Å². The molecular formula is C12H13ClN2O. The number of nitrogens with one attached hydrogen (secondary N) is 1. The number of ether oxygens (including phenoxy) is 1. The third-order valence-electron chi connectivity index (χ3n) is 2.65. The zero-order valence-electron chi connectivity index (χ0n) is 8.87. The molecule has 0 radical (unpaired) electrons. The van der Waals surface area contributed by atoms with Crippen molar-refractivity contribution in [3.05, 3.63) is 28.8 Å². The van der Waals surface area contributed by atoms with Crippen molar-refractivity contribution in [3.63, 3.8) is 0 Å². The Labute approximate surface area is 100.0 Å². The molecular weight excluding hydrogens is 224 g/mol. The predicted molar refractivity (Wildman–Crippen MR) is 63.6 cm³/mol. The van der Waals surface area contributed by atoms with E-state index in [0.29, 0.717) is 17.2 Å². The van der Waals surface area contributed by atoms with E-state index in [1.807, 2.05) is 12.1 Å². The average molecular weight is 237 g/mol. The fourth-order valence-corrected chi connectivity index (χ4v) is 2.05. The molecule has 0 bridgehead atoms. The van der Waals surface area contributed by atoms with Crippen LogP contribution in [0.5, 0.6) is 0 Å². The molecule has 0 spiro atoms. The maximum Gasteiger partial charge on any atom is 0.103 e. The summed E-state index contributed by atoms with van der Waals surface area (Å²) in [5.74, 6) is 0. The van der Waals surface area contributed by atoms with E-state index in [0.717, 1.165) is 25.1 Å². The molecule has 1 atom stereocenters. The van der Waals surface area contributed by atoms with Crippen LogP contribution < -0.4 is 5.32 Å². The van der Waals surface area contributed by atoms with Gasteiger partial charge in [0, 0.05) is 12.6 Å². The highest BCUT2D eigenvalue weighted by atomic mass is 35.5. The van der Waals surface area contributed by atoms with Crippen LogP contribution in [0.15, 0.2) is 18.2 Å². The molecule has 1 aromatic carbocycles. The van der Waals surface area contributed by atoms with Gasteiger partial charge in [0.25, 0.3) is 0 Å². The quantitative estimate of drug-likeness (QED) is 0.859. The number of rotatable bonds is 2. The minimum Gasteiger partial charge on any atom is -0.379 e. The van der Waals surface area contributed by atoms with Crippen molar-refractivity contribution in [2.45, 2.75) is 18.9 Å². The summed E-state index contributed by atoms with van der Waals surface area (Å²) in [5.41, 5.74) is 1.31. The van der Waals surface area contributed by atoms with Gasteiger partial charge in [-0.2, -0.15) is 5.26 Å². The van der Waals surface area contributed by atoms with Crippen LogP contribution in [0.3, 0.4) is 0 Å². The number of benzene rings is 1. The first-order valence-corrected chi connectivity index (χ1v) is 5.72. The smallest absolute Gasteiger partial charge is 0.103 e. The van der Waals surface area contributed by atoms with Crippen LogP contribution in [-0.2, 0) is 4.74 Å². The van der Waals surface area contributed by atoms with Crippen LogP contribution in [-0.4, -0.2) is 19.3 Å². The van der Waals surface area contributed by atoms with Crippen LogP contribution >= 0.6 is 11.6 Å². The maximum atomic E-state index is 9.02. The van der Waals surface area contributed by atoms with E-state index in [1.54, 1.807) is 6.07 Å². The molecule has 2 rings (SSSR count). The summed E-state index contributed by atoms with van der Waals surface area (Å²) in [6, 6.07) is 7.84. The lowest BCUT2D eigenvalue weighted by Crippen LogP contribution is -2.30. The SMILES string of the molecule is N#Cc1c(Cl)cccc1NC1CCCOC1. The normalized spacial score (nSPS) is 20.1. The van der Waals surface area contributed by atoms with Crippen molar-refractivity contribution in [2.75, 3.05) is 18.5 Å². The van der Waals surface area contributed by atoms with Gasteiger partial charge in [0.1, 0.15) is 6.07 Å². The highest BCUT2D eigenvalue weighted by Crippen LogP contribution is 2.25. The predicted octanol–water partition coefficient (Wildman–Crippen LogP) is 2.80. The molecule has 0 amide bonds. The number of nitrogens with zero attached hydrogens (tertiary/aromatic N) is 1. The zero-order valence-corrected chi connectivity index (χ0v) is 9.63. The third-order valence-corrected chi connectivity index (χ3v) is 2.96. The van der Waals surface area contributed by atoms with Crippen molar-refractivity contribution < 1.29 is 4.74 Å². The number of anilines is 1. The van der Waals surface area contributed by atoms with Gasteiger partial charge in [-0.1, -0.05) is 17.7 Å². The molecule has 0 aromatic heterocycles. The van der Waals surface area contributed by atoms with Gasteiger partial charge in [0.2, 0.25) is 0 Å². The van der Waals surface area contributed by atoms with E-state index in [9.17, 15) is 0 Å². The lowest BCUT2D eigenvalue weighted by molar-refractivity contribution is 0.0876. The van der Waals surface area contributed by atoms with Gasteiger partial charge in [0.15, 0.2) is 0 Å². The molecule has 1 N–H and O–H groups in total. The summed E-state index contributed by atoms with van der Waals surface area (Å²) in [5, 5.41) is 12.8.